The van der Waals surface area contributed by atoms with E-state index in [0.717, 1.165) is 12.8 Å². The molecule has 0 atom stereocenters. The van der Waals surface area contributed by atoms with Gasteiger partial charge in [0.2, 0.25) is 0 Å². The predicted molar refractivity (Wildman–Crippen MR) is 62.7 cm³/mol. The molecule has 1 aromatic carbocycles. The van der Waals surface area contributed by atoms with E-state index < -0.39 is 5.82 Å². The van der Waals surface area contributed by atoms with Gasteiger partial charge in [-0.2, -0.15) is 0 Å². The van der Waals surface area contributed by atoms with E-state index in [1.165, 1.54) is 7.11 Å². The number of ether oxygens (including phenoxy) is 1. The van der Waals surface area contributed by atoms with Crippen LogP contribution in [0, 0.1) is 5.82 Å². The van der Waals surface area contributed by atoms with Gasteiger partial charge in [-0.15, -0.1) is 0 Å². The maximum absolute atomic E-state index is 13.7. The van der Waals surface area contributed by atoms with Crippen LogP contribution in [0.2, 0.25) is 0 Å². The van der Waals surface area contributed by atoms with Gasteiger partial charge >= 0.3 is 0 Å². The van der Waals surface area contributed by atoms with Crippen LogP contribution in [0.5, 0.6) is 5.75 Å². The highest BCUT2D eigenvalue weighted by molar-refractivity contribution is 5.83. The molecule has 0 saturated heterocycles. The molecule has 1 aliphatic carbocycles. The predicted octanol–water partition coefficient (Wildman–Crippen LogP) is 1.70. The second kappa shape index (κ2) is 5.27. The second-order valence-electron chi connectivity index (χ2n) is 4.30. The molecule has 1 N–H and O–H groups in total. The summed E-state index contributed by atoms with van der Waals surface area (Å²) >= 11 is 0. The SMILES string of the molecule is COc1cccc(CC(=O)CNC2CC2)c1F. The van der Waals surface area contributed by atoms with Crippen LogP contribution >= 0.6 is 0 Å². The summed E-state index contributed by atoms with van der Waals surface area (Å²) in [4.78, 5) is 11.6. The van der Waals surface area contributed by atoms with Crippen molar-refractivity contribution in [2.75, 3.05) is 13.7 Å². The van der Waals surface area contributed by atoms with E-state index in [4.69, 9.17) is 4.74 Å². The van der Waals surface area contributed by atoms with Gasteiger partial charge in [0.15, 0.2) is 17.3 Å². The van der Waals surface area contributed by atoms with Gasteiger partial charge in [0.1, 0.15) is 0 Å². The summed E-state index contributed by atoms with van der Waals surface area (Å²) in [5.41, 5.74) is 0.395. The maximum Gasteiger partial charge on any atom is 0.168 e. The summed E-state index contributed by atoms with van der Waals surface area (Å²) in [6, 6.07) is 5.35. The van der Waals surface area contributed by atoms with Crippen molar-refractivity contribution in [2.45, 2.75) is 25.3 Å². The first-order valence-corrected chi connectivity index (χ1v) is 5.77. The van der Waals surface area contributed by atoms with Crippen molar-refractivity contribution >= 4 is 5.78 Å². The molecule has 0 unspecified atom stereocenters. The van der Waals surface area contributed by atoms with Crippen LogP contribution in [0.25, 0.3) is 0 Å². The molecule has 0 amide bonds. The lowest BCUT2D eigenvalue weighted by Crippen LogP contribution is -2.26. The number of halogens is 1. The lowest BCUT2D eigenvalue weighted by molar-refractivity contribution is -0.117. The lowest BCUT2D eigenvalue weighted by Gasteiger charge is -2.07. The van der Waals surface area contributed by atoms with Crippen LogP contribution in [0.3, 0.4) is 0 Å². The number of hydrogen-bond donors (Lipinski definition) is 1. The zero-order valence-corrected chi connectivity index (χ0v) is 9.83. The monoisotopic (exact) mass is 237 g/mol. The number of ketones is 1. The number of rotatable bonds is 6. The Morgan fingerprint density at radius 3 is 2.94 bits per heavy atom. The quantitative estimate of drug-likeness (QED) is 0.818. The highest BCUT2D eigenvalue weighted by Gasteiger charge is 2.21. The molecule has 0 heterocycles. The molecule has 0 spiro atoms. The summed E-state index contributed by atoms with van der Waals surface area (Å²) in [7, 11) is 1.42. The van der Waals surface area contributed by atoms with E-state index in [1.807, 2.05) is 0 Å². The standard InChI is InChI=1S/C13H16FNO2/c1-17-12-4-2-3-9(13(12)14)7-11(16)8-15-10-5-6-10/h2-4,10,15H,5-8H2,1H3. The fourth-order valence-corrected chi connectivity index (χ4v) is 1.67. The Morgan fingerprint density at radius 2 is 2.29 bits per heavy atom. The Hall–Kier alpha value is -1.42. The van der Waals surface area contributed by atoms with Crippen molar-refractivity contribution in [2.24, 2.45) is 0 Å². The average Bonchev–Trinajstić information content (AvgIpc) is 3.13. The molecule has 0 aromatic heterocycles. The Labute approximate surface area is 100.0 Å². The van der Waals surface area contributed by atoms with Gasteiger partial charge in [0.05, 0.1) is 13.7 Å². The minimum atomic E-state index is -0.435. The smallest absolute Gasteiger partial charge is 0.168 e. The first-order valence-electron chi connectivity index (χ1n) is 5.77. The molecule has 17 heavy (non-hydrogen) atoms. The molecule has 0 radical (unpaired) electrons. The minimum absolute atomic E-state index is 0.00375. The Kier molecular flexibility index (Phi) is 3.74. The summed E-state index contributed by atoms with van der Waals surface area (Å²) in [6.45, 7) is 0.321. The van der Waals surface area contributed by atoms with Crippen molar-refractivity contribution in [3.63, 3.8) is 0 Å². The van der Waals surface area contributed by atoms with Crippen LogP contribution < -0.4 is 10.1 Å². The molecule has 0 bridgehead atoms. The Morgan fingerprint density at radius 1 is 1.53 bits per heavy atom. The summed E-state index contributed by atoms with van der Waals surface area (Å²) in [5, 5.41) is 3.12. The number of Topliss-reactive ketones (excluding diaryl/α,β-unsaturated/α-hetero) is 1. The molecule has 0 aliphatic heterocycles. The number of hydrogen-bond acceptors (Lipinski definition) is 3. The van der Waals surface area contributed by atoms with Gasteiger partial charge in [0, 0.05) is 12.5 Å². The molecule has 1 fully saturated rings. The highest BCUT2D eigenvalue weighted by atomic mass is 19.1. The van der Waals surface area contributed by atoms with E-state index in [9.17, 15) is 9.18 Å². The average molecular weight is 237 g/mol. The molecular formula is C13H16FNO2. The Balaban J connectivity index is 1.94. The van der Waals surface area contributed by atoms with Gasteiger partial charge in [-0.3, -0.25) is 4.79 Å². The van der Waals surface area contributed by atoms with Crippen LogP contribution in [-0.4, -0.2) is 25.5 Å². The largest absolute Gasteiger partial charge is 0.494 e. The van der Waals surface area contributed by atoms with Gasteiger partial charge in [-0.1, -0.05) is 12.1 Å². The van der Waals surface area contributed by atoms with Gasteiger partial charge in [-0.05, 0) is 24.5 Å². The third-order valence-corrected chi connectivity index (χ3v) is 2.82. The molecule has 2 rings (SSSR count). The van der Waals surface area contributed by atoms with Crippen molar-refractivity contribution in [1.82, 2.24) is 5.32 Å². The number of benzene rings is 1. The number of carbonyl (C=O) groups is 1. The van der Waals surface area contributed by atoms with E-state index in [0.29, 0.717) is 18.2 Å². The Bertz CT molecular complexity index is 416. The minimum Gasteiger partial charge on any atom is -0.494 e. The molecule has 1 aromatic rings. The van der Waals surface area contributed by atoms with Gasteiger partial charge in [-0.25, -0.2) is 4.39 Å². The summed E-state index contributed by atoms with van der Waals surface area (Å²) in [5.74, 6) is -0.246. The fourth-order valence-electron chi connectivity index (χ4n) is 1.67. The van der Waals surface area contributed by atoms with E-state index in [1.54, 1.807) is 18.2 Å². The lowest BCUT2D eigenvalue weighted by atomic mass is 10.1. The highest BCUT2D eigenvalue weighted by Crippen LogP contribution is 2.21. The van der Waals surface area contributed by atoms with E-state index in [-0.39, 0.29) is 18.0 Å². The van der Waals surface area contributed by atoms with Crippen molar-refractivity contribution < 1.29 is 13.9 Å². The first kappa shape index (κ1) is 12.0. The molecular weight excluding hydrogens is 221 g/mol. The normalized spacial score (nSPS) is 14.7. The van der Waals surface area contributed by atoms with Crippen LogP contribution in [-0.2, 0) is 11.2 Å². The second-order valence-corrected chi connectivity index (χ2v) is 4.30. The third-order valence-electron chi connectivity index (χ3n) is 2.82. The maximum atomic E-state index is 13.7. The zero-order valence-electron chi connectivity index (χ0n) is 9.83. The summed E-state index contributed by atoms with van der Waals surface area (Å²) < 4.78 is 18.6. The molecule has 4 heteroatoms. The third kappa shape index (κ3) is 3.27. The zero-order chi connectivity index (χ0) is 12.3. The molecule has 1 saturated carbocycles. The van der Waals surface area contributed by atoms with Crippen LogP contribution in [0.1, 0.15) is 18.4 Å². The van der Waals surface area contributed by atoms with Gasteiger partial charge < -0.3 is 10.1 Å². The van der Waals surface area contributed by atoms with E-state index >= 15 is 0 Å². The summed E-state index contributed by atoms with van der Waals surface area (Å²) in [6.07, 6.45) is 2.39. The van der Waals surface area contributed by atoms with Gasteiger partial charge in [0.25, 0.3) is 0 Å². The first-order chi connectivity index (χ1) is 8.20. The molecule has 1 aliphatic rings. The number of methoxy groups -OCH3 is 1. The van der Waals surface area contributed by atoms with E-state index in [2.05, 4.69) is 5.32 Å². The van der Waals surface area contributed by atoms with Crippen molar-refractivity contribution in [3.8, 4) is 5.75 Å². The van der Waals surface area contributed by atoms with Crippen molar-refractivity contribution in [3.05, 3.63) is 29.6 Å². The fraction of sp³-hybridized carbons (Fsp3) is 0.462. The number of carbonyl (C=O) groups excluding carboxylic acids is 1. The molecule has 92 valence electrons. The van der Waals surface area contributed by atoms with Crippen molar-refractivity contribution in [1.29, 1.82) is 0 Å². The van der Waals surface area contributed by atoms with Crippen LogP contribution in [0.4, 0.5) is 4.39 Å². The van der Waals surface area contributed by atoms with Crippen LogP contribution in [0.15, 0.2) is 18.2 Å². The molecule has 3 nitrogen and oxygen atoms in total. The topological polar surface area (TPSA) is 38.3 Å². The number of nitrogens with one attached hydrogen (secondary N) is 1.